The molecule has 0 aliphatic rings. The van der Waals surface area contributed by atoms with Crippen LogP contribution in [-0.2, 0) is 6.42 Å². The van der Waals surface area contributed by atoms with Crippen LogP contribution in [0.1, 0.15) is 16.0 Å². The molecule has 3 heteroatoms. The van der Waals surface area contributed by atoms with E-state index in [1.165, 1.54) is 12.1 Å². The van der Waals surface area contributed by atoms with Crippen molar-refractivity contribution < 1.29 is 8.78 Å². The second kappa shape index (κ2) is 5.94. The lowest BCUT2D eigenvalue weighted by Gasteiger charge is -2.13. The van der Waals surface area contributed by atoms with Gasteiger partial charge in [0, 0.05) is 16.5 Å². The van der Waals surface area contributed by atoms with Crippen molar-refractivity contribution in [2.45, 2.75) is 11.2 Å². The standard InChI is InChI=1S/C18H13BrF2/c19-17(16-9-8-14(20)11-18(16)21)10-13-6-3-5-12-4-1-2-7-15(12)13/h1-9,11,17H,10H2. The van der Waals surface area contributed by atoms with E-state index in [0.717, 1.165) is 22.4 Å². The molecule has 1 unspecified atom stereocenters. The molecule has 0 aliphatic heterocycles. The normalized spacial score (nSPS) is 12.5. The quantitative estimate of drug-likeness (QED) is 0.526. The van der Waals surface area contributed by atoms with Crippen LogP contribution in [0.15, 0.2) is 60.7 Å². The van der Waals surface area contributed by atoms with Gasteiger partial charge in [-0.15, -0.1) is 0 Å². The van der Waals surface area contributed by atoms with Crippen LogP contribution in [0, 0.1) is 11.6 Å². The van der Waals surface area contributed by atoms with Crippen molar-refractivity contribution in [1.29, 1.82) is 0 Å². The van der Waals surface area contributed by atoms with Crippen molar-refractivity contribution in [1.82, 2.24) is 0 Å². The Kier molecular flexibility index (Phi) is 4.02. The SMILES string of the molecule is Fc1ccc(C(Br)Cc2cccc3ccccc23)c(F)c1. The van der Waals surface area contributed by atoms with E-state index < -0.39 is 11.6 Å². The summed E-state index contributed by atoms with van der Waals surface area (Å²) in [5.41, 5.74) is 1.61. The first kappa shape index (κ1) is 14.2. The van der Waals surface area contributed by atoms with E-state index in [0.29, 0.717) is 12.0 Å². The van der Waals surface area contributed by atoms with Crippen LogP contribution in [-0.4, -0.2) is 0 Å². The molecule has 0 aliphatic carbocycles. The fourth-order valence-corrected chi connectivity index (χ4v) is 3.25. The Hall–Kier alpha value is -1.74. The second-order valence-corrected chi connectivity index (χ2v) is 6.08. The minimum atomic E-state index is -0.555. The second-order valence-electron chi connectivity index (χ2n) is 4.98. The van der Waals surface area contributed by atoms with Gasteiger partial charge in [-0.1, -0.05) is 64.5 Å². The van der Waals surface area contributed by atoms with Gasteiger partial charge < -0.3 is 0 Å². The summed E-state index contributed by atoms with van der Waals surface area (Å²) >= 11 is 3.52. The summed E-state index contributed by atoms with van der Waals surface area (Å²) in [5, 5.41) is 2.32. The van der Waals surface area contributed by atoms with Gasteiger partial charge in [0.15, 0.2) is 0 Å². The molecule has 0 radical (unpaired) electrons. The van der Waals surface area contributed by atoms with Gasteiger partial charge in [-0.25, -0.2) is 8.78 Å². The van der Waals surface area contributed by atoms with Crippen molar-refractivity contribution in [2.75, 3.05) is 0 Å². The lowest BCUT2D eigenvalue weighted by molar-refractivity contribution is 0.571. The number of alkyl halides is 1. The highest BCUT2D eigenvalue weighted by atomic mass is 79.9. The van der Waals surface area contributed by atoms with Gasteiger partial charge in [-0.3, -0.25) is 0 Å². The first-order valence-corrected chi connectivity index (χ1v) is 7.62. The van der Waals surface area contributed by atoms with E-state index in [4.69, 9.17) is 0 Å². The summed E-state index contributed by atoms with van der Waals surface area (Å²) in [5.74, 6) is -1.07. The molecule has 3 rings (SSSR count). The molecular weight excluding hydrogens is 334 g/mol. The third-order valence-electron chi connectivity index (χ3n) is 3.58. The summed E-state index contributed by atoms with van der Waals surface area (Å²) in [4.78, 5) is -0.191. The molecule has 0 saturated carbocycles. The van der Waals surface area contributed by atoms with E-state index in [2.05, 4.69) is 34.1 Å². The molecule has 0 nitrogen and oxygen atoms in total. The van der Waals surface area contributed by atoms with Crippen molar-refractivity contribution in [2.24, 2.45) is 0 Å². The summed E-state index contributed by atoms with van der Waals surface area (Å²) in [7, 11) is 0. The van der Waals surface area contributed by atoms with Gasteiger partial charge in [-0.2, -0.15) is 0 Å². The zero-order valence-electron chi connectivity index (χ0n) is 11.2. The van der Waals surface area contributed by atoms with Crippen molar-refractivity contribution >= 4 is 26.7 Å². The molecule has 3 aromatic rings. The van der Waals surface area contributed by atoms with E-state index in [1.807, 2.05) is 24.3 Å². The molecule has 3 aromatic carbocycles. The van der Waals surface area contributed by atoms with Crippen LogP contribution < -0.4 is 0 Å². The smallest absolute Gasteiger partial charge is 0.130 e. The summed E-state index contributed by atoms with van der Waals surface area (Å²) in [6, 6.07) is 17.9. The Morgan fingerprint density at radius 3 is 2.48 bits per heavy atom. The van der Waals surface area contributed by atoms with Crippen molar-refractivity contribution in [3.63, 3.8) is 0 Å². The summed E-state index contributed by atoms with van der Waals surface area (Å²) in [6.45, 7) is 0. The first-order valence-electron chi connectivity index (χ1n) is 6.71. The highest BCUT2D eigenvalue weighted by Gasteiger charge is 2.15. The molecule has 1 atom stereocenters. The Morgan fingerprint density at radius 2 is 1.67 bits per heavy atom. The van der Waals surface area contributed by atoms with E-state index >= 15 is 0 Å². The lowest BCUT2D eigenvalue weighted by atomic mass is 9.98. The molecule has 0 fully saturated rings. The largest absolute Gasteiger partial charge is 0.207 e. The molecule has 0 amide bonds. The van der Waals surface area contributed by atoms with Gasteiger partial charge in [-0.05, 0) is 28.8 Å². The van der Waals surface area contributed by atoms with Crippen LogP contribution >= 0.6 is 15.9 Å². The van der Waals surface area contributed by atoms with Crippen LogP contribution in [0.3, 0.4) is 0 Å². The van der Waals surface area contributed by atoms with Crippen LogP contribution in [0.25, 0.3) is 10.8 Å². The molecule has 0 heterocycles. The maximum Gasteiger partial charge on any atom is 0.130 e. The Labute approximate surface area is 130 Å². The Balaban J connectivity index is 1.94. The number of halogens is 3. The van der Waals surface area contributed by atoms with Crippen LogP contribution in [0.4, 0.5) is 8.78 Å². The highest BCUT2D eigenvalue weighted by Crippen LogP contribution is 2.31. The van der Waals surface area contributed by atoms with Gasteiger partial charge >= 0.3 is 0 Å². The summed E-state index contributed by atoms with van der Waals surface area (Å²) in [6.07, 6.45) is 0.643. The number of fused-ring (bicyclic) bond motifs is 1. The van der Waals surface area contributed by atoms with E-state index in [9.17, 15) is 8.78 Å². The zero-order chi connectivity index (χ0) is 14.8. The maximum atomic E-state index is 13.8. The molecule has 0 N–H and O–H groups in total. The highest BCUT2D eigenvalue weighted by molar-refractivity contribution is 9.09. The topological polar surface area (TPSA) is 0 Å². The Bertz CT molecular complexity index is 778. The fraction of sp³-hybridized carbons (Fsp3) is 0.111. The third kappa shape index (κ3) is 2.98. The van der Waals surface area contributed by atoms with E-state index in [-0.39, 0.29) is 4.83 Å². The predicted octanol–water partition coefficient (Wildman–Crippen LogP) is 5.80. The molecule has 0 bridgehead atoms. The van der Waals surface area contributed by atoms with Crippen molar-refractivity contribution in [3.8, 4) is 0 Å². The Morgan fingerprint density at radius 1 is 0.905 bits per heavy atom. The fourth-order valence-electron chi connectivity index (χ4n) is 2.53. The van der Waals surface area contributed by atoms with Gasteiger partial charge in [0.05, 0.1) is 0 Å². The molecule has 21 heavy (non-hydrogen) atoms. The predicted molar refractivity (Wildman–Crippen MR) is 85.7 cm³/mol. The van der Waals surface area contributed by atoms with Gasteiger partial charge in [0.25, 0.3) is 0 Å². The minimum absolute atomic E-state index is 0.191. The monoisotopic (exact) mass is 346 g/mol. The van der Waals surface area contributed by atoms with Crippen molar-refractivity contribution in [3.05, 3.63) is 83.4 Å². The van der Waals surface area contributed by atoms with Gasteiger partial charge in [0.1, 0.15) is 11.6 Å². The first-order chi connectivity index (χ1) is 10.1. The third-order valence-corrected chi connectivity index (χ3v) is 4.40. The number of hydrogen-bond acceptors (Lipinski definition) is 0. The van der Waals surface area contributed by atoms with Crippen LogP contribution in [0.5, 0.6) is 0 Å². The number of rotatable bonds is 3. The molecule has 0 saturated heterocycles. The minimum Gasteiger partial charge on any atom is -0.207 e. The average molecular weight is 347 g/mol. The average Bonchev–Trinajstić information content (AvgIpc) is 2.47. The molecule has 106 valence electrons. The molecular formula is C18H13BrF2. The zero-order valence-corrected chi connectivity index (χ0v) is 12.8. The lowest BCUT2D eigenvalue weighted by Crippen LogP contribution is -2.00. The molecule has 0 spiro atoms. The summed E-state index contributed by atoms with van der Waals surface area (Å²) < 4.78 is 26.8. The van der Waals surface area contributed by atoms with E-state index in [1.54, 1.807) is 0 Å². The number of benzene rings is 3. The number of hydrogen-bond donors (Lipinski definition) is 0. The molecule has 0 aromatic heterocycles. The van der Waals surface area contributed by atoms with Gasteiger partial charge in [0.2, 0.25) is 0 Å². The maximum absolute atomic E-state index is 13.8. The van der Waals surface area contributed by atoms with Crippen LogP contribution in [0.2, 0.25) is 0 Å².